The minimum Gasteiger partial charge on any atom is -0.271 e. The first kappa shape index (κ1) is 13.9. The Bertz CT molecular complexity index is 557. The number of rotatable bonds is 5. The SMILES string of the molecule is CCn1ncnc1CC(NN)c1cccc(Cl)c1F. The fourth-order valence-corrected chi connectivity index (χ4v) is 2.12. The summed E-state index contributed by atoms with van der Waals surface area (Å²) in [6.07, 6.45) is 1.91. The van der Waals surface area contributed by atoms with Gasteiger partial charge in [0.2, 0.25) is 0 Å². The van der Waals surface area contributed by atoms with Gasteiger partial charge < -0.3 is 0 Å². The normalized spacial score (nSPS) is 12.6. The van der Waals surface area contributed by atoms with Crippen LogP contribution in [0.15, 0.2) is 24.5 Å². The van der Waals surface area contributed by atoms with Gasteiger partial charge >= 0.3 is 0 Å². The average Bonchev–Trinajstić information content (AvgIpc) is 2.87. The molecule has 0 aliphatic heterocycles. The molecule has 2 aromatic rings. The number of benzene rings is 1. The van der Waals surface area contributed by atoms with Crippen molar-refractivity contribution in [1.29, 1.82) is 0 Å². The summed E-state index contributed by atoms with van der Waals surface area (Å²) in [5.41, 5.74) is 3.01. The summed E-state index contributed by atoms with van der Waals surface area (Å²) in [5, 5.41) is 4.15. The number of nitrogens with two attached hydrogens (primary N) is 1. The molecule has 1 aromatic heterocycles. The molecule has 0 aliphatic rings. The second-order valence-corrected chi connectivity index (χ2v) is 4.47. The molecule has 0 amide bonds. The van der Waals surface area contributed by atoms with Crippen LogP contribution in [0.1, 0.15) is 24.4 Å². The zero-order valence-corrected chi connectivity index (χ0v) is 11.2. The van der Waals surface area contributed by atoms with Crippen LogP contribution in [0.3, 0.4) is 0 Å². The number of halogens is 2. The lowest BCUT2D eigenvalue weighted by atomic mass is 10.0. The monoisotopic (exact) mass is 283 g/mol. The molecule has 5 nitrogen and oxygen atoms in total. The molecule has 0 spiro atoms. The predicted molar refractivity (Wildman–Crippen MR) is 70.9 cm³/mol. The number of hydrazine groups is 1. The predicted octanol–water partition coefficient (Wildman–Crippen LogP) is 1.84. The van der Waals surface area contributed by atoms with Crippen molar-refractivity contribution in [3.05, 3.63) is 46.8 Å². The number of nitrogens with one attached hydrogen (secondary N) is 1. The van der Waals surface area contributed by atoms with Crippen molar-refractivity contribution < 1.29 is 4.39 Å². The Labute approximate surface area is 115 Å². The molecule has 1 heterocycles. The number of aromatic nitrogens is 3. The fourth-order valence-electron chi connectivity index (χ4n) is 1.94. The van der Waals surface area contributed by atoms with Crippen molar-refractivity contribution in [3.63, 3.8) is 0 Å². The lowest BCUT2D eigenvalue weighted by Gasteiger charge is -2.17. The van der Waals surface area contributed by atoms with E-state index in [-0.39, 0.29) is 5.02 Å². The Balaban J connectivity index is 2.28. The molecule has 19 heavy (non-hydrogen) atoms. The molecule has 3 N–H and O–H groups in total. The van der Waals surface area contributed by atoms with Crippen LogP contribution in [0.2, 0.25) is 5.02 Å². The van der Waals surface area contributed by atoms with E-state index >= 15 is 0 Å². The third-order valence-corrected chi connectivity index (χ3v) is 3.23. The summed E-state index contributed by atoms with van der Waals surface area (Å²) in [6.45, 7) is 2.66. The summed E-state index contributed by atoms with van der Waals surface area (Å²) in [7, 11) is 0. The van der Waals surface area contributed by atoms with E-state index < -0.39 is 11.9 Å². The van der Waals surface area contributed by atoms with Crippen LogP contribution in [-0.4, -0.2) is 14.8 Å². The third kappa shape index (κ3) is 2.91. The first-order valence-electron chi connectivity index (χ1n) is 5.94. The van der Waals surface area contributed by atoms with Gasteiger partial charge in [-0.25, -0.2) is 9.37 Å². The quantitative estimate of drug-likeness (QED) is 0.649. The van der Waals surface area contributed by atoms with Gasteiger partial charge in [0.25, 0.3) is 0 Å². The highest BCUT2D eigenvalue weighted by Gasteiger charge is 2.19. The Morgan fingerprint density at radius 3 is 3.00 bits per heavy atom. The van der Waals surface area contributed by atoms with Gasteiger partial charge in [-0.15, -0.1) is 0 Å². The molecule has 7 heteroatoms. The molecule has 0 fully saturated rings. The summed E-state index contributed by atoms with van der Waals surface area (Å²) >= 11 is 5.78. The number of nitrogens with zero attached hydrogens (tertiary/aromatic N) is 3. The van der Waals surface area contributed by atoms with Crippen molar-refractivity contribution in [3.8, 4) is 0 Å². The second kappa shape index (κ2) is 6.10. The highest BCUT2D eigenvalue weighted by molar-refractivity contribution is 6.30. The Morgan fingerprint density at radius 2 is 2.32 bits per heavy atom. The highest BCUT2D eigenvalue weighted by atomic mass is 35.5. The maximum absolute atomic E-state index is 14.0. The van der Waals surface area contributed by atoms with Gasteiger partial charge in [-0.05, 0) is 13.0 Å². The minimum absolute atomic E-state index is 0.0784. The van der Waals surface area contributed by atoms with E-state index in [4.69, 9.17) is 17.4 Å². The van der Waals surface area contributed by atoms with Gasteiger partial charge in [0.15, 0.2) is 0 Å². The van der Waals surface area contributed by atoms with E-state index in [1.165, 1.54) is 12.4 Å². The summed E-state index contributed by atoms with van der Waals surface area (Å²) in [5.74, 6) is 5.79. The summed E-state index contributed by atoms with van der Waals surface area (Å²) in [4.78, 5) is 4.15. The lowest BCUT2D eigenvalue weighted by Crippen LogP contribution is -2.31. The van der Waals surface area contributed by atoms with Crippen LogP contribution in [0.5, 0.6) is 0 Å². The van der Waals surface area contributed by atoms with Crippen molar-refractivity contribution in [2.45, 2.75) is 25.9 Å². The third-order valence-electron chi connectivity index (χ3n) is 2.94. The van der Waals surface area contributed by atoms with Gasteiger partial charge in [0, 0.05) is 18.5 Å². The molecule has 1 aromatic carbocycles. The zero-order chi connectivity index (χ0) is 13.8. The van der Waals surface area contributed by atoms with Crippen LogP contribution in [-0.2, 0) is 13.0 Å². The van der Waals surface area contributed by atoms with Crippen molar-refractivity contribution in [1.82, 2.24) is 20.2 Å². The van der Waals surface area contributed by atoms with E-state index in [9.17, 15) is 4.39 Å². The molecule has 102 valence electrons. The molecule has 0 saturated heterocycles. The van der Waals surface area contributed by atoms with Crippen LogP contribution in [0, 0.1) is 5.82 Å². The first-order chi connectivity index (χ1) is 9.17. The maximum atomic E-state index is 14.0. The number of hydrogen-bond donors (Lipinski definition) is 2. The topological polar surface area (TPSA) is 68.8 Å². The molecule has 0 saturated carbocycles. The largest absolute Gasteiger partial charge is 0.271 e. The molecular weight excluding hydrogens is 269 g/mol. The molecule has 0 bridgehead atoms. The van der Waals surface area contributed by atoms with Gasteiger partial charge in [0.05, 0.1) is 11.1 Å². The minimum atomic E-state index is -0.463. The van der Waals surface area contributed by atoms with Crippen LogP contribution < -0.4 is 11.3 Å². The van der Waals surface area contributed by atoms with E-state index in [1.807, 2.05) is 6.92 Å². The van der Waals surface area contributed by atoms with Gasteiger partial charge in [0.1, 0.15) is 18.0 Å². The van der Waals surface area contributed by atoms with E-state index in [2.05, 4.69) is 15.5 Å². The zero-order valence-electron chi connectivity index (χ0n) is 10.5. The smallest absolute Gasteiger partial charge is 0.146 e. The van der Waals surface area contributed by atoms with Crippen LogP contribution in [0.4, 0.5) is 4.39 Å². The number of aryl methyl sites for hydroxylation is 1. The Hall–Kier alpha value is -1.50. The molecule has 1 unspecified atom stereocenters. The second-order valence-electron chi connectivity index (χ2n) is 4.06. The highest BCUT2D eigenvalue weighted by Crippen LogP contribution is 2.24. The lowest BCUT2D eigenvalue weighted by molar-refractivity contribution is 0.485. The van der Waals surface area contributed by atoms with Crippen LogP contribution in [0.25, 0.3) is 0 Å². The van der Waals surface area contributed by atoms with Crippen LogP contribution >= 0.6 is 11.6 Å². The standard InChI is InChI=1S/C12H15ClFN5/c1-2-19-11(16-7-17-19)6-10(18-15)8-4-3-5-9(13)12(8)14/h3-5,7,10,18H,2,6,15H2,1H3. The maximum Gasteiger partial charge on any atom is 0.146 e. The molecule has 1 atom stereocenters. The van der Waals surface area contributed by atoms with E-state index in [0.717, 1.165) is 5.82 Å². The molecule has 2 rings (SSSR count). The Kier molecular flexibility index (Phi) is 4.47. The molecule has 0 aliphatic carbocycles. The van der Waals surface area contributed by atoms with E-state index in [0.29, 0.717) is 18.5 Å². The van der Waals surface area contributed by atoms with Gasteiger partial charge in [-0.3, -0.25) is 16.0 Å². The molecule has 0 radical (unpaired) electrons. The van der Waals surface area contributed by atoms with Crippen molar-refractivity contribution in [2.75, 3.05) is 0 Å². The summed E-state index contributed by atoms with van der Waals surface area (Å²) < 4.78 is 15.7. The average molecular weight is 284 g/mol. The molecular formula is C12H15ClFN5. The van der Waals surface area contributed by atoms with E-state index in [1.54, 1.807) is 16.8 Å². The fraction of sp³-hybridized carbons (Fsp3) is 0.333. The van der Waals surface area contributed by atoms with Crippen molar-refractivity contribution in [2.24, 2.45) is 5.84 Å². The Morgan fingerprint density at radius 1 is 1.53 bits per heavy atom. The first-order valence-corrected chi connectivity index (χ1v) is 6.31. The number of hydrogen-bond acceptors (Lipinski definition) is 4. The van der Waals surface area contributed by atoms with Gasteiger partial charge in [-0.2, -0.15) is 5.10 Å². The van der Waals surface area contributed by atoms with Gasteiger partial charge in [-0.1, -0.05) is 23.7 Å². The summed E-state index contributed by atoms with van der Waals surface area (Å²) in [6, 6.07) is 4.43. The van der Waals surface area contributed by atoms with Crippen molar-refractivity contribution >= 4 is 11.6 Å².